The Labute approximate surface area is 92.4 Å². The normalized spacial score (nSPS) is 11.6. The van der Waals surface area contributed by atoms with E-state index in [1.165, 1.54) is 11.1 Å². The van der Waals surface area contributed by atoms with Crippen LogP contribution in [-0.4, -0.2) is 7.11 Å². The van der Waals surface area contributed by atoms with Crippen LogP contribution in [0.15, 0.2) is 12.1 Å². The van der Waals surface area contributed by atoms with Gasteiger partial charge in [-0.05, 0) is 23.5 Å². The van der Waals surface area contributed by atoms with Crippen LogP contribution >= 0.6 is 0 Å². The molecule has 0 saturated heterocycles. The van der Waals surface area contributed by atoms with Crippen LogP contribution in [0.3, 0.4) is 0 Å². The molecule has 15 heavy (non-hydrogen) atoms. The smallest absolute Gasteiger partial charge is 0.127 e. The summed E-state index contributed by atoms with van der Waals surface area (Å²) in [4.78, 5) is 0. The molecule has 0 unspecified atom stereocenters. The average Bonchev–Trinajstić information content (AvgIpc) is 2.15. The molecule has 0 aliphatic rings. The molecule has 0 radical (unpaired) electrons. The van der Waals surface area contributed by atoms with Gasteiger partial charge in [-0.3, -0.25) is 0 Å². The quantitative estimate of drug-likeness (QED) is 0.809. The number of aryl methyl sites for hydroxylation is 1. The van der Waals surface area contributed by atoms with Gasteiger partial charge in [0.1, 0.15) is 5.75 Å². The fraction of sp³-hybridized carbons (Fsp3) is 0.538. The third-order valence-electron chi connectivity index (χ3n) is 2.71. The number of ether oxygens (including phenoxy) is 1. The van der Waals surface area contributed by atoms with Gasteiger partial charge < -0.3 is 10.5 Å². The summed E-state index contributed by atoms with van der Waals surface area (Å²) >= 11 is 0. The molecule has 2 N–H and O–H groups in total. The van der Waals surface area contributed by atoms with E-state index >= 15 is 0 Å². The summed E-state index contributed by atoms with van der Waals surface area (Å²) in [5, 5.41) is 0. The molecule has 0 amide bonds. The number of rotatable bonds is 2. The molecule has 0 saturated carbocycles. The van der Waals surface area contributed by atoms with E-state index in [4.69, 9.17) is 10.5 Å². The van der Waals surface area contributed by atoms with Crippen molar-refractivity contribution in [1.82, 2.24) is 0 Å². The molecular weight excluding hydrogens is 186 g/mol. The lowest BCUT2D eigenvalue weighted by Crippen LogP contribution is -2.15. The van der Waals surface area contributed by atoms with Crippen molar-refractivity contribution in [3.8, 4) is 5.75 Å². The Morgan fingerprint density at radius 3 is 2.27 bits per heavy atom. The highest BCUT2D eigenvalue weighted by molar-refractivity contribution is 5.48. The van der Waals surface area contributed by atoms with Gasteiger partial charge in [-0.15, -0.1) is 0 Å². The van der Waals surface area contributed by atoms with Gasteiger partial charge in [-0.1, -0.05) is 32.9 Å². The fourth-order valence-corrected chi connectivity index (χ4v) is 1.80. The Kier molecular flexibility index (Phi) is 3.40. The van der Waals surface area contributed by atoms with Crippen LogP contribution in [0, 0.1) is 6.92 Å². The Morgan fingerprint density at radius 2 is 1.87 bits per heavy atom. The van der Waals surface area contributed by atoms with E-state index < -0.39 is 0 Å². The first-order chi connectivity index (χ1) is 6.91. The molecule has 0 atom stereocenters. The van der Waals surface area contributed by atoms with Crippen LogP contribution in [0.2, 0.25) is 0 Å². The van der Waals surface area contributed by atoms with Gasteiger partial charge >= 0.3 is 0 Å². The summed E-state index contributed by atoms with van der Waals surface area (Å²) in [7, 11) is 1.71. The largest absolute Gasteiger partial charge is 0.496 e. The molecule has 0 fully saturated rings. The molecule has 0 aromatic heterocycles. The first-order valence-corrected chi connectivity index (χ1v) is 5.28. The summed E-state index contributed by atoms with van der Waals surface area (Å²) in [5.74, 6) is 0.949. The second-order valence-electron chi connectivity index (χ2n) is 4.90. The van der Waals surface area contributed by atoms with E-state index in [0.717, 1.165) is 11.3 Å². The molecule has 0 aliphatic carbocycles. The molecule has 84 valence electrons. The van der Waals surface area contributed by atoms with Crippen molar-refractivity contribution in [3.05, 3.63) is 28.8 Å². The Bertz CT molecular complexity index is 350. The zero-order valence-electron chi connectivity index (χ0n) is 10.3. The van der Waals surface area contributed by atoms with Gasteiger partial charge in [-0.2, -0.15) is 0 Å². The second kappa shape index (κ2) is 4.23. The Hall–Kier alpha value is -1.02. The van der Waals surface area contributed by atoms with Gasteiger partial charge in [-0.25, -0.2) is 0 Å². The van der Waals surface area contributed by atoms with E-state index in [1.807, 2.05) is 0 Å². The lowest BCUT2D eigenvalue weighted by atomic mass is 9.84. The van der Waals surface area contributed by atoms with Gasteiger partial charge in [0.25, 0.3) is 0 Å². The fourth-order valence-electron chi connectivity index (χ4n) is 1.80. The van der Waals surface area contributed by atoms with Gasteiger partial charge in [0.2, 0.25) is 0 Å². The summed E-state index contributed by atoms with van der Waals surface area (Å²) in [5.41, 5.74) is 9.38. The molecule has 1 aromatic carbocycles. The average molecular weight is 207 g/mol. The van der Waals surface area contributed by atoms with E-state index in [9.17, 15) is 0 Å². The van der Waals surface area contributed by atoms with Crippen molar-refractivity contribution in [2.24, 2.45) is 5.73 Å². The maximum Gasteiger partial charge on any atom is 0.127 e. The van der Waals surface area contributed by atoms with Crippen LogP contribution in [0.4, 0.5) is 0 Å². The van der Waals surface area contributed by atoms with Crippen molar-refractivity contribution in [1.29, 1.82) is 0 Å². The third-order valence-corrected chi connectivity index (χ3v) is 2.71. The van der Waals surface area contributed by atoms with Crippen molar-refractivity contribution in [2.75, 3.05) is 7.11 Å². The minimum atomic E-state index is 0.0863. The minimum Gasteiger partial charge on any atom is -0.496 e. The monoisotopic (exact) mass is 207 g/mol. The van der Waals surface area contributed by atoms with Crippen LogP contribution in [0.25, 0.3) is 0 Å². The highest BCUT2D eigenvalue weighted by Gasteiger charge is 2.21. The van der Waals surface area contributed by atoms with Gasteiger partial charge in [0.05, 0.1) is 7.11 Å². The summed E-state index contributed by atoms with van der Waals surface area (Å²) in [6, 6.07) is 4.25. The van der Waals surface area contributed by atoms with Crippen molar-refractivity contribution in [2.45, 2.75) is 39.7 Å². The molecular formula is C13H21NO. The predicted molar refractivity (Wildman–Crippen MR) is 64.3 cm³/mol. The third kappa shape index (κ3) is 2.32. The number of hydrogen-bond acceptors (Lipinski definition) is 2. The van der Waals surface area contributed by atoms with Crippen molar-refractivity contribution < 1.29 is 4.74 Å². The van der Waals surface area contributed by atoms with Crippen LogP contribution in [0.1, 0.15) is 37.5 Å². The van der Waals surface area contributed by atoms with E-state index in [1.54, 1.807) is 7.11 Å². The first-order valence-electron chi connectivity index (χ1n) is 5.28. The molecule has 0 spiro atoms. The van der Waals surface area contributed by atoms with E-state index in [0.29, 0.717) is 6.54 Å². The molecule has 2 heteroatoms. The van der Waals surface area contributed by atoms with E-state index in [-0.39, 0.29) is 5.41 Å². The number of benzene rings is 1. The number of methoxy groups -OCH3 is 1. The molecule has 1 rings (SSSR count). The predicted octanol–water partition coefficient (Wildman–Crippen LogP) is 2.76. The Balaban J connectivity index is 3.42. The molecule has 2 nitrogen and oxygen atoms in total. The number of hydrogen-bond donors (Lipinski definition) is 1. The standard InChI is InChI=1S/C13H21NO/c1-9-6-7-11(13(2,3)4)12(15-5)10(9)8-14/h6-7H,8,14H2,1-5H3. The first kappa shape index (κ1) is 12.1. The molecule has 0 aliphatic heterocycles. The molecule has 0 heterocycles. The minimum absolute atomic E-state index is 0.0863. The SMILES string of the molecule is COc1c(C(C)(C)C)ccc(C)c1CN. The topological polar surface area (TPSA) is 35.2 Å². The maximum absolute atomic E-state index is 5.76. The number of nitrogens with two attached hydrogens (primary N) is 1. The van der Waals surface area contributed by atoms with Gasteiger partial charge in [0.15, 0.2) is 0 Å². The van der Waals surface area contributed by atoms with Crippen LogP contribution < -0.4 is 10.5 Å². The Morgan fingerprint density at radius 1 is 1.27 bits per heavy atom. The van der Waals surface area contributed by atoms with Crippen LogP contribution in [0.5, 0.6) is 5.75 Å². The molecule has 0 bridgehead atoms. The highest BCUT2D eigenvalue weighted by Crippen LogP contribution is 2.35. The summed E-state index contributed by atoms with van der Waals surface area (Å²) in [6.07, 6.45) is 0. The van der Waals surface area contributed by atoms with Crippen molar-refractivity contribution >= 4 is 0 Å². The highest BCUT2D eigenvalue weighted by atomic mass is 16.5. The summed E-state index contributed by atoms with van der Waals surface area (Å²) in [6.45, 7) is 9.14. The lowest BCUT2D eigenvalue weighted by molar-refractivity contribution is 0.392. The summed E-state index contributed by atoms with van der Waals surface area (Å²) < 4.78 is 5.49. The lowest BCUT2D eigenvalue weighted by Gasteiger charge is -2.24. The maximum atomic E-state index is 5.76. The van der Waals surface area contributed by atoms with Crippen molar-refractivity contribution in [3.63, 3.8) is 0 Å². The van der Waals surface area contributed by atoms with E-state index in [2.05, 4.69) is 39.8 Å². The zero-order chi connectivity index (χ0) is 11.6. The van der Waals surface area contributed by atoms with Gasteiger partial charge in [0, 0.05) is 12.1 Å². The second-order valence-corrected chi connectivity index (χ2v) is 4.90. The zero-order valence-corrected chi connectivity index (χ0v) is 10.3. The van der Waals surface area contributed by atoms with Crippen LogP contribution in [-0.2, 0) is 12.0 Å². The molecule has 1 aromatic rings.